The minimum absolute atomic E-state index is 0.105. The lowest BCUT2D eigenvalue weighted by molar-refractivity contribution is -0.148. The van der Waals surface area contributed by atoms with Crippen molar-refractivity contribution in [2.24, 2.45) is 0 Å². The highest BCUT2D eigenvalue weighted by Gasteiger charge is 2.32. The van der Waals surface area contributed by atoms with E-state index in [9.17, 15) is 19.5 Å². The van der Waals surface area contributed by atoms with Crippen LogP contribution in [0.2, 0.25) is 0 Å². The van der Waals surface area contributed by atoms with E-state index in [-0.39, 0.29) is 18.9 Å². The van der Waals surface area contributed by atoms with Gasteiger partial charge in [-0.3, -0.25) is 4.79 Å². The molecule has 2 N–H and O–H groups in total. The van der Waals surface area contributed by atoms with Crippen molar-refractivity contribution in [3.63, 3.8) is 0 Å². The Kier molecular flexibility index (Phi) is 7.15. The summed E-state index contributed by atoms with van der Waals surface area (Å²) in [5, 5.41) is 12.0. The SMILES string of the molecule is C[C@@H](C(=O)O)N(C)C(=O)C(Cc1ccccc1)NC(=O)OCC1c2ccccc2-c2ccccc21. The summed E-state index contributed by atoms with van der Waals surface area (Å²) in [5.41, 5.74) is 5.26. The van der Waals surface area contributed by atoms with Gasteiger partial charge in [-0.15, -0.1) is 0 Å². The van der Waals surface area contributed by atoms with Gasteiger partial charge in [0.05, 0.1) is 0 Å². The van der Waals surface area contributed by atoms with Gasteiger partial charge in [0.2, 0.25) is 5.91 Å². The number of rotatable bonds is 8. The molecule has 0 fully saturated rings. The van der Waals surface area contributed by atoms with Gasteiger partial charge in [0.1, 0.15) is 18.7 Å². The highest BCUT2D eigenvalue weighted by molar-refractivity contribution is 5.89. The lowest BCUT2D eigenvalue weighted by atomic mass is 9.98. The zero-order valence-corrected chi connectivity index (χ0v) is 19.7. The number of fused-ring (bicyclic) bond motifs is 3. The number of hydrogen-bond donors (Lipinski definition) is 2. The molecule has 7 heteroatoms. The summed E-state index contributed by atoms with van der Waals surface area (Å²) < 4.78 is 5.61. The molecule has 0 aliphatic heterocycles. The lowest BCUT2D eigenvalue weighted by Gasteiger charge is -2.27. The van der Waals surface area contributed by atoms with Crippen LogP contribution in [0, 0.1) is 0 Å². The Hall–Kier alpha value is -4.13. The van der Waals surface area contributed by atoms with Gasteiger partial charge < -0.3 is 20.1 Å². The molecule has 1 aliphatic rings. The topological polar surface area (TPSA) is 95.9 Å². The number of benzene rings is 3. The van der Waals surface area contributed by atoms with Crippen molar-refractivity contribution in [2.45, 2.75) is 31.3 Å². The third kappa shape index (κ3) is 5.19. The van der Waals surface area contributed by atoms with Crippen LogP contribution in [0.15, 0.2) is 78.9 Å². The highest BCUT2D eigenvalue weighted by Crippen LogP contribution is 2.44. The summed E-state index contributed by atoms with van der Waals surface area (Å²) in [4.78, 5) is 38.5. The van der Waals surface area contributed by atoms with Crippen LogP contribution < -0.4 is 5.32 Å². The molecule has 0 heterocycles. The molecule has 4 rings (SSSR count). The Labute approximate surface area is 204 Å². The molecule has 0 saturated heterocycles. The number of hydrogen-bond acceptors (Lipinski definition) is 4. The fourth-order valence-electron chi connectivity index (χ4n) is 4.43. The van der Waals surface area contributed by atoms with Crippen molar-refractivity contribution in [2.75, 3.05) is 13.7 Å². The van der Waals surface area contributed by atoms with Crippen molar-refractivity contribution >= 4 is 18.0 Å². The van der Waals surface area contributed by atoms with E-state index in [1.54, 1.807) is 0 Å². The number of carbonyl (C=O) groups excluding carboxylic acids is 2. The fourth-order valence-corrected chi connectivity index (χ4v) is 4.43. The van der Waals surface area contributed by atoms with Gasteiger partial charge in [-0.2, -0.15) is 0 Å². The van der Waals surface area contributed by atoms with E-state index >= 15 is 0 Å². The smallest absolute Gasteiger partial charge is 0.407 e. The minimum Gasteiger partial charge on any atom is -0.480 e. The molecule has 0 bridgehead atoms. The van der Waals surface area contributed by atoms with Crippen LogP contribution in [0.1, 0.15) is 29.5 Å². The monoisotopic (exact) mass is 472 g/mol. The molecule has 0 aromatic heterocycles. The summed E-state index contributed by atoms with van der Waals surface area (Å²) in [6.45, 7) is 1.54. The maximum atomic E-state index is 13.1. The second kappa shape index (κ2) is 10.4. The van der Waals surface area contributed by atoms with Gasteiger partial charge in [-0.1, -0.05) is 78.9 Å². The predicted octanol–water partition coefficient (Wildman–Crippen LogP) is 4.07. The number of nitrogens with zero attached hydrogens (tertiary/aromatic N) is 1. The zero-order valence-electron chi connectivity index (χ0n) is 19.7. The third-order valence-electron chi connectivity index (χ3n) is 6.50. The van der Waals surface area contributed by atoms with Crippen LogP contribution in [0.5, 0.6) is 0 Å². The molecular formula is C28H28N2O5. The van der Waals surface area contributed by atoms with E-state index in [1.807, 2.05) is 66.7 Å². The van der Waals surface area contributed by atoms with E-state index in [2.05, 4.69) is 17.4 Å². The van der Waals surface area contributed by atoms with Gasteiger partial charge in [0.25, 0.3) is 0 Å². The van der Waals surface area contributed by atoms with E-state index < -0.39 is 30.1 Å². The summed E-state index contributed by atoms with van der Waals surface area (Å²) >= 11 is 0. The van der Waals surface area contributed by atoms with Crippen LogP contribution in [0.4, 0.5) is 4.79 Å². The molecule has 3 aromatic carbocycles. The van der Waals surface area contributed by atoms with Crippen molar-refractivity contribution < 1.29 is 24.2 Å². The van der Waals surface area contributed by atoms with Crippen LogP contribution >= 0.6 is 0 Å². The fraction of sp³-hybridized carbons (Fsp3) is 0.250. The van der Waals surface area contributed by atoms with Crippen molar-refractivity contribution in [1.82, 2.24) is 10.2 Å². The van der Waals surface area contributed by atoms with Crippen LogP contribution in [0.25, 0.3) is 11.1 Å². The second-order valence-electron chi connectivity index (χ2n) is 8.68. The number of ether oxygens (including phenoxy) is 1. The van der Waals surface area contributed by atoms with Gasteiger partial charge in [-0.25, -0.2) is 9.59 Å². The average molecular weight is 473 g/mol. The molecular weight excluding hydrogens is 444 g/mol. The summed E-state index contributed by atoms with van der Waals surface area (Å²) in [6, 6.07) is 23.3. The maximum absolute atomic E-state index is 13.1. The van der Waals surface area contributed by atoms with Crippen LogP contribution in [0.3, 0.4) is 0 Å². The van der Waals surface area contributed by atoms with Gasteiger partial charge in [-0.05, 0) is 34.7 Å². The van der Waals surface area contributed by atoms with Crippen LogP contribution in [-0.4, -0.2) is 53.7 Å². The Morgan fingerprint density at radius 3 is 2.03 bits per heavy atom. The number of carbonyl (C=O) groups is 3. The van der Waals surface area contributed by atoms with E-state index in [4.69, 9.17) is 4.74 Å². The molecule has 35 heavy (non-hydrogen) atoms. The third-order valence-corrected chi connectivity index (χ3v) is 6.50. The number of aliphatic carboxylic acids is 1. The number of carboxylic acid groups (broad SMARTS) is 1. The molecule has 2 amide bonds. The first kappa shape index (κ1) is 24.0. The molecule has 1 aliphatic carbocycles. The van der Waals surface area contributed by atoms with Gasteiger partial charge in [0.15, 0.2) is 0 Å². The summed E-state index contributed by atoms with van der Waals surface area (Å²) in [7, 11) is 1.42. The number of carboxylic acids is 1. The highest BCUT2D eigenvalue weighted by atomic mass is 16.5. The number of alkyl carbamates (subject to hydrolysis) is 1. The van der Waals surface area contributed by atoms with E-state index in [1.165, 1.54) is 14.0 Å². The summed E-state index contributed by atoms with van der Waals surface area (Å²) in [5.74, 6) is -1.73. The first-order chi connectivity index (χ1) is 16.9. The van der Waals surface area contributed by atoms with Crippen LogP contribution in [-0.2, 0) is 20.7 Å². The quantitative estimate of drug-likeness (QED) is 0.515. The Morgan fingerprint density at radius 1 is 0.914 bits per heavy atom. The molecule has 0 radical (unpaired) electrons. The zero-order chi connectivity index (χ0) is 24.9. The standard InChI is InChI=1S/C28H28N2O5/c1-18(27(32)33)30(2)26(31)25(16-19-10-4-3-5-11-19)29-28(34)35-17-24-22-14-8-6-12-20(22)21-13-7-9-15-23(21)24/h3-15,18,24-25H,16-17H2,1-2H3,(H,29,34)(H,32,33)/t18-,25?/m0/s1. The average Bonchev–Trinajstić information content (AvgIpc) is 3.20. The molecule has 2 atom stereocenters. The first-order valence-electron chi connectivity index (χ1n) is 11.5. The van der Waals surface area contributed by atoms with E-state index in [0.717, 1.165) is 32.7 Å². The number of amides is 2. The van der Waals surface area contributed by atoms with Gasteiger partial charge >= 0.3 is 12.1 Å². The summed E-state index contributed by atoms with van der Waals surface area (Å²) in [6.07, 6.45) is -0.516. The number of likely N-dealkylation sites (N-methyl/N-ethyl adjacent to an activating group) is 1. The Morgan fingerprint density at radius 2 is 1.46 bits per heavy atom. The van der Waals surface area contributed by atoms with Crippen molar-refractivity contribution in [3.8, 4) is 11.1 Å². The molecule has 0 spiro atoms. The Balaban J connectivity index is 1.48. The van der Waals surface area contributed by atoms with Crippen molar-refractivity contribution in [3.05, 3.63) is 95.6 Å². The number of nitrogens with one attached hydrogen (secondary N) is 1. The molecule has 7 nitrogen and oxygen atoms in total. The van der Waals surface area contributed by atoms with Gasteiger partial charge in [0, 0.05) is 19.4 Å². The van der Waals surface area contributed by atoms with Crippen molar-refractivity contribution in [1.29, 1.82) is 0 Å². The first-order valence-corrected chi connectivity index (χ1v) is 11.5. The molecule has 1 unspecified atom stereocenters. The normalized spacial score (nSPS) is 13.8. The predicted molar refractivity (Wildman–Crippen MR) is 132 cm³/mol. The molecule has 0 saturated carbocycles. The molecule has 180 valence electrons. The second-order valence-corrected chi connectivity index (χ2v) is 8.68. The maximum Gasteiger partial charge on any atom is 0.407 e. The Bertz CT molecular complexity index is 1180. The lowest BCUT2D eigenvalue weighted by Crippen LogP contribution is -2.52. The largest absolute Gasteiger partial charge is 0.480 e. The minimum atomic E-state index is -1.12. The molecule has 3 aromatic rings. The van der Waals surface area contributed by atoms with E-state index in [0.29, 0.717) is 0 Å².